The molecule has 0 bridgehead atoms. The molecule has 0 atom stereocenters. The predicted molar refractivity (Wildman–Crippen MR) is 68.9 cm³/mol. The summed E-state index contributed by atoms with van der Waals surface area (Å²) >= 11 is 0. The van der Waals surface area contributed by atoms with Crippen LogP contribution in [0.25, 0.3) is 0 Å². The number of allylic oxidation sites excluding steroid dienone is 1. The molecule has 0 unspecified atom stereocenters. The Labute approximate surface area is 108 Å². The lowest BCUT2D eigenvalue weighted by Gasteiger charge is -2.27. The standard InChI is InChI=1S/C13H20N2O3/c1-13(2,3)18-12(17)15-7-6-11(16)10(9-15)8-14(4)5/h6-8H,9H2,1-5H3. The lowest BCUT2D eigenvalue weighted by Crippen LogP contribution is -2.37. The molecule has 100 valence electrons. The first kappa shape index (κ1) is 14.3. The zero-order valence-corrected chi connectivity index (χ0v) is 11.6. The largest absolute Gasteiger partial charge is 0.443 e. The maximum atomic E-state index is 11.9. The van der Waals surface area contributed by atoms with Gasteiger partial charge in [0.05, 0.1) is 6.54 Å². The second kappa shape index (κ2) is 5.25. The summed E-state index contributed by atoms with van der Waals surface area (Å²) in [6.07, 6.45) is 4.10. The first-order valence-corrected chi connectivity index (χ1v) is 5.78. The second-order valence-electron chi connectivity index (χ2n) is 5.41. The molecule has 5 heteroatoms. The van der Waals surface area contributed by atoms with Crippen LogP contribution in [0.1, 0.15) is 20.8 Å². The van der Waals surface area contributed by atoms with Crippen molar-refractivity contribution in [2.45, 2.75) is 26.4 Å². The molecule has 0 aliphatic carbocycles. The highest BCUT2D eigenvalue weighted by molar-refractivity contribution is 6.05. The van der Waals surface area contributed by atoms with Crippen LogP contribution < -0.4 is 0 Å². The molecule has 1 amide bonds. The van der Waals surface area contributed by atoms with Crippen LogP contribution in [0, 0.1) is 0 Å². The van der Waals surface area contributed by atoms with Crippen molar-refractivity contribution in [3.8, 4) is 0 Å². The molecule has 1 aliphatic heterocycles. The van der Waals surface area contributed by atoms with E-state index in [1.807, 2.05) is 14.1 Å². The normalized spacial score (nSPS) is 18.2. The smallest absolute Gasteiger partial charge is 0.414 e. The lowest BCUT2D eigenvalue weighted by atomic mass is 10.1. The van der Waals surface area contributed by atoms with Crippen LogP contribution in [-0.4, -0.2) is 47.9 Å². The first-order chi connectivity index (χ1) is 8.19. The molecule has 1 rings (SSSR count). The molecule has 0 radical (unpaired) electrons. The summed E-state index contributed by atoms with van der Waals surface area (Å²) in [4.78, 5) is 26.6. The van der Waals surface area contributed by atoms with Crippen LogP contribution in [0.2, 0.25) is 0 Å². The van der Waals surface area contributed by atoms with E-state index < -0.39 is 11.7 Å². The van der Waals surface area contributed by atoms with Crippen molar-refractivity contribution in [2.75, 3.05) is 20.6 Å². The van der Waals surface area contributed by atoms with Gasteiger partial charge in [-0.25, -0.2) is 4.79 Å². The Hall–Kier alpha value is -1.78. The molecule has 0 spiro atoms. The predicted octanol–water partition coefficient (Wildman–Crippen LogP) is 1.77. The Balaban J connectivity index is 2.79. The van der Waals surface area contributed by atoms with E-state index in [1.54, 1.807) is 31.9 Å². The molecule has 0 aromatic rings. The van der Waals surface area contributed by atoms with Crippen molar-refractivity contribution in [2.24, 2.45) is 0 Å². The topological polar surface area (TPSA) is 49.9 Å². The van der Waals surface area contributed by atoms with Crippen molar-refractivity contribution in [1.82, 2.24) is 9.80 Å². The maximum Gasteiger partial charge on any atom is 0.414 e. The van der Waals surface area contributed by atoms with Crippen molar-refractivity contribution in [3.05, 3.63) is 24.0 Å². The third-order valence-corrected chi connectivity index (χ3v) is 2.11. The Bertz CT molecular complexity index is 403. The van der Waals surface area contributed by atoms with Crippen LogP contribution >= 0.6 is 0 Å². The molecule has 0 aromatic carbocycles. The second-order valence-corrected chi connectivity index (χ2v) is 5.41. The summed E-state index contributed by atoms with van der Waals surface area (Å²) in [5, 5.41) is 0. The third-order valence-electron chi connectivity index (χ3n) is 2.11. The van der Waals surface area contributed by atoms with E-state index in [2.05, 4.69) is 0 Å². The number of amides is 1. The Morgan fingerprint density at radius 3 is 2.56 bits per heavy atom. The van der Waals surface area contributed by atoms with E-state index >= 15 is 0 Å². The van der Waals surface area contributed by atoms with Gasteiger partial charge in [0.25, 0.3) is 0 Å². The molecule has 0 saturated carbocycles. The molecular formula is C13H20N2O3. The third kappa shape index (κ3) is 4.24. The summed E-state index contributed by atoms with van der Waals surface area (Å²) in [6, 6.07) is 0. The molecular weight excluding hydrogens is 232 g/mol. The summed E-state index contributed by atoms with van der Waals surface area (Å²) in [7, 11) is 3.66. The molecule has 1 heterocycles. The minimum atomic E-state index is -0.544. The SMILES string of the molecule is CN(C)C=C1CN(C(=O)OC(C)(C)C)C=CC1=O. The van der Waals surface area contributed by atoms with E-state index in [1.165, 1.54) is 17.2 Å². The molecule has 0 aromatic heterocycles. The van der Waals surface area contributed by atoms with Crippen molar-refractivity contribution >= 4 is 11.9 Å². The lowest BCUT2D eigenvalue weighted by molar-refractivity contribution is -0.111. The van der Waals surface area contributed by atoms with E-state index in [4.69, 9.17) is 4.74 Å². The van der Waals surface area contributed by atoms with E-state index in [0.29, 0.717) is 5.57 Å². The fraction of sp³-hybridized carbons (Fsp3) is 0.538. The molecule has 5 nitrogen and oxygen atoms in total. The molecule has 0 saturated heterocycles. The van der Waals surface area contributed by atoms with Crippen molar-refractivity contribution < 1.29 is 14.3 Å². The van der Waals surface area contributed by atoms with Gasteiger partial charge in [-0.3, -0.25) is 9.69 Å². The Morgan fingerprint density at radius 2 is 2.06 bits per heavy atom. The molecule has 0 N–H and O–H groups in total. The number of carbonyl (C=O) groups is 2. The number of ether oxygens (including phenoxy) is 1. The Morgan fingerprint density at radius 1 is 1.44 bits per heavy atom. The van der Waals surface area contributed by atoms with E-state index in [0.717, 1.165) is 0 Å². The van der Waals surface area contributed by atoms with Crippen molar-refractivity contribution in [1.29, 1.82) is 0 Å². The highest BCUT2D eigenvalue weighted by Gasteiger charge is 2.25. The van der Waals surface area contributed by atoms with Crippen LogP contribution in [0.3, 0.4) is 0 Å². The minimum Gasteiger partial charge on any atom is -0.443 e. The average Bonchev–Trinajstić information content (AvgIpc) is 2.17. The number of hydrogen-bond donors (Lipinski definition) is 0. The zero-order valence-electron chi connectivity index (χ0n) is 11.6. The monoisotopic (exact) mass is 252 g/mol. The van der Waals surface area contributed by atoms with Crippen LogP contribution in [-0.2, 0) is 9.53 Å². The highest BCUT2D eigenvalue weighted by atomic mass is 16.6. The number of carbonyl (C=O) groups excluding carboxylic acids is 2. The number of nitrogens with zero attached hydrogens (tertiary/aromatic N) is 2. The highest BCUT2D eigenvalue weighted by Crippen LogP contribution is 2.15. The quantitative estimate of drug-likeness (QED) is 0.667. The van der Waals surface area contributed by atoms with Crippen LogP contribution in [0.5, 0.6) is 0 Å². The number of rotatable bonds is 1. The summed E-state index contributed by atoms with van der Waals surface area (Å²) in [5.74, 6) is -0.0801. The molecule has 0 fully saturated rings. The van der Waals surface area contributed by atoms with Crippen LogP contribution in [0.4, 0.5) is 4.79 Å². The number of ketones is 1. The van der Waals surface area contributed by atoms with Crippen LogP contribution in [0.15, 0.2) is 24.0 Å². The summed E-state index contributed by atoms with van der Waals surface area (Å²) in [6.45, 7) is 5.66. The van der Waals surface area contributed by atoms with Gasteiger partial charge in [-0.1, -0.05) is 0 Å². The van der Waals surface area contributed by atoms with Gasteiger partial charge < -0.3 is 9.64 Å². The van der Waals surface area contributed by atoms with Gasteiger partial charge in [0.1, 0.15) is 5.60 Å². The van der Waals surface area contributed by atoms with Crippen molar-refractivity contribution in [3.63, 3.8) is 0 Å². The van der Waals surface area contributed by atoms with Gasteiger partial charge in [-0.2, -0.15) is 0 Å². The van der Waals surface area contributed by atoms with Gasteiger partial charge in [-0.05, 0) is 20.8 Å². The van der Waals surface area contributed by atoms with Gasteiger partial charge in [0.2, 0.25) is 0 Å². The van der Waals surface area contributed by atoms with Gasteiger partial charge in [-0.15, -0.1) is 0 Å². The summed E-state index contributed by atoms with van der Waals surface area (Å²) < 4.78 is 5.25. The number of hydrogen-bond acceptors (Lipinski definition) is 4. The Kier molecular flexibility index (Phi) is 4.16. The van der Waals surface area contributed by atoms with E-state index in [-0.39, 0.29) is 12.3 Å². The van der Waals surface area contributed by atoms with Gasteiger partial charge in [0, 0.05) is 38.1 Å². The zero-order chi connectivity index (χ0) is 13.9. The van der Waals surface area contributed by atoms with E-state index in [9.17, 15) is 9.59 Å². The fourth-order valence-corrected chi connectivity index (χ4v) is 1.44. The minimum absolute atomic E-state index is 0.0801. The first-order valence-electron chi connectivity index (χ1n) is 5.78. The average molecular weight is 252 g/mol. The van der Waals surface area contributed by atoms with Gasteiger partial charge in [0.15, 0.2) is 5.78 Å². The fourth-order valence-electron chi connectivity index (χ4n) is 1.44. The maximum absolute atomic E-state index is 11.9. The van der Waals surface area contributed by atoms with Gasteiger partial charge >= 0.3 is 6.09 Å². The summed E-state index contributed by atoms with van der Waals surface area (Å²) in [5.41, 5.74) is 0.0195. The molecule has 18 heavy (non-hydrogen) atoms. The molecule has 1 aliphatic rings.